The summed E-state index contributed by atoms with van der Waals surface area (Å²) in [6.07, 6.45) is 1.72. The number of nitrogen functional groups attached to an aromatic ring is 1. The number of anilines is 1. The molecule has 0 saturated heterocycles. The van der Waals surface area contributed by atoms with Gasteiger partial charge in [-0.2, -0.15) is 0 Å². The lowest BCUT2D eigenvalue weighted by Gasteiger charge is -2.12. The minimum absolute atomic E-state index is 0.0642. The van der Waals surface area contributed by atoms with Crippen LogP contribution in [-0.4, -0.2) is 25.3 Å². The highest BCUT2D eigenvalue weighted by Gasteiger charge is 2.14. The van der Waals surface area contributed by atoms with Gasteiger partial charge in [-0.3, -0.25) is 4.21 Å². The maximum absolute atomic E-state index is 11.4. The molecule has 2 aromatic rings. The second-order valence-corrected chi connectivity index (χ2v) is 6.13. The Labute approximate surface area is 103 Å². The van der Waals surface area contributed by atoms with E-state index in [1.165, 1.54) is 0 Å². The number of hydrogen-bond acceptors (Lipinski definition) is 3. The summed E-state index contributed by atoms with van der Waals surface area (Å²) >= 11 is 0. The van der Waals surface area contributed by atoms with Crippen LogP contribution in [0, 0.1) is 6.92 Å². The van der Waals surface area contributed by atoms with Gasteiger partial charge in [0.15, 0.2) is 0 Å². The smallest absolute Gasteiger partial charge is 0.201 e. The molecule has 0 spiro atoms. The normalized spacial score (nSPS) is 15.0. The minimum atomic E-state index is -0.857. The monoisotopic (exact) mass is 251 g/mol. The molecule has 1 aromatic heterocycles. The summed E-state index contributed by atoms with van der Waals surface area (Å²) in [4.78, 5) is 4.33. The SMILES string of the molecule is Cc1cccc2nc(N)n(CC(C)S(C)=O)c12. The highest BCUT2D eigenvalue weighted by molar-refractivity contribution is 7.84. The number of hydrogen-bond donors (Lipinski definition) is 1. The fourth-order valence-electron chi connectivity index (χ4n) is 1.93. The summed E-state index contributed by atoms with van der Waals surface area (Å²) in [5.41, 5.74) is 9.01. The molecule has 17 heavy (non-hydrogen) atoms. The standard InChI is InChI=1S/C12H17N3OS/c1-8-5-4-6-10-11(8)15(12(13)14-10)7-9(2)17(3)16/h4-6,9H,7H2,1-3H3,(H2,13,14). The summed E-state index contributed by atoms with van der Waals surface area (Å²) in [5.74, 6) is 0.492. The van der Waals surface area contributed by atoms with E-state index in [2.05, 4.69) is 4.98 Å². The third kappa shape index (κ3) is 2.20. The van der Waals surface area contributed by atoms with Gasteiger partial charge in [0.1, 0.15) is 0 Å². The Hall–Kier alpha value is -1.36. The zero-order chi connectivity index (χ0) is 12.6. The molecular weight excluding hydrogens is 234 g/mol. The Morgan fingerprint density at radius 2 is 2.24 bits per heavy atom. The van der Waals surface area contributed by atoms with Crippen LogP contribution in [0.3, 0.4) is 0 Å². The molecule has 1 aromatic carbocycles. The molecule has 0 bridgehead atoms. The first kappa shape index (κ1) is 12.1. The van der Waals surface area contributed by atoms with E-state index < -0.39 is 10.8 Å². The van der Waals surface area contributed by atoms with Crippen LogP contribution in [-0.2, 0) is 17.3 Å². The van der Waals surface area contributed by atoms with E-state index in [0.29, 0.717) is 12.5 Å². The Morgan fingerprint density at radius 1 is 1.53 bits per heavy atom. The topological polar surface area (TPSA) is 60.9 Å². The Bertz CT molecular complexity index is 576. The zero-order valence-electron chi connectivity index (χ0n) is 10.3. The number of aromatic nitrogens is 2. The first-order chi connectivity index (χ1) is 8.00. The lowest BCUT2D eigenvalue weighted by atomic mass is 10.2. The van der Waals surface area contributed by atoms with Gasteiger partial charge in [0.25, 0.3) is 0 Å². The van der Waals surface area contributed by atoms with Crippen molar-refractivity contribution in [2.24, 2.45) is 0 Å². The summed E-state index contributed by atoms with van der Waals surface area (Å²) in [5, 5.41) is 0.0642. The average molecular weight is 251 g/mol. The number of nitrogens with zero attached hydrogens (tertiary/aromatic N) is 2. The molecule has 5 heteroatoms. The van der Waals surface area contributed by atoms with Gasteiger partial charge < -0.3 is 10.3 Å². The Morgan fingerprint density at radius 3 is 2.88 bits per heavy atom. The molecule has 0 aliphatic heterocycles. The number of fused-ring (bicyclic) bond motifs is 1. The molecular formula is C12H17N3OS. The second kappa shape index (κ2) is 4.49. The molecule has 2 rings (SSSR count). The number of para-hydroxylation sites is 1. The first-order valence-electron chi connectivity index (χ1n) is 5.54. The third-order valence-corrected chi connectivity index (χ3v) is 4.29. The molecule has 92 valence electrons. The van der Waals surface area contributed by atoms with Gasteiger partial charge in [-0.25, -0.2) is 4.98 Å². The average Bonchev–Trinajstić information content (AvgIpc) is 2.56. The van der Waals surface area contributed by atoms with Crippen molar-refractivity contribution in [3.8, 4) is 0 Å². The van der Waals surface area contributed by atoms with Crippen LogP contribution in [0.15, 0.2) is 18.2 Å². The molecule has 0 aliphatic carbocycles. The van der Waals surface area contributed by atoms with Crippen LogP contribution < -0.4 is 5.73 Å². The van der Waals surface area contributed by atoms with E-state index in [1.54, 1.807) is 6.26 Å². The second-order valence-electron chi connectivity index (χ2n) is 4.33. The van der Waals surface area contributed by atoms with Crippen LogP contribution in [0.25, 0.3) is 11.0 Å². The van der Waals surface area contributed by atoms with Crippen molar-refractivity contribution in [1.82, 2.24) is 9.55 Å². The molecule has 0 aliphatic rings. The van der Waals surface area contributed by atoms with Gasteiger partial charge in [-0.15, -0.1) is 0 Å². The summed E-state index contributed by atoms with van der Waals surface area (Å²) in [7, 11) is -0.857. The Kier molecular flexibility index (Phi) is 3.19. The van der Waals surface area contributed by atoms with Crippen LogP contribution in [0.1, 0.15) is 12.5 Å². The van der Waals surface area contributed by atoms with Crippen LogP contribution in [0.5, 0.6) is 0 Å². The fraction of sp³-hybridized carbons (Fsp3) is 0.417. The van der Waals surface area contributed by atoms with Crippen molar-refractivity contribution < 1.29 is 4.21 Å². The van der Waals surface area contributed by atoms with Gasteiger partial charge in [0, 0.05) is 28.9 Å². The number of rotatable bonds is 3. The molecule has 2 N–H and O–H groups in total. The van der Waals surface area contributed by atoms with Crippen molar-refractivity contribution >= 4 is 27.8 Å². The molecule has 1 heterocycles. The van der Waals surface area contributed by atoms with E-state index in [9.17, 15) is 4.21 Å². The van der Waals surface area contributed by atoms with Gasteiger partial charge in [0.05, 0.1) is 11.0 Å². The molecule has 4 nitrogen and oxygen atoms in total. The third-order valence-electron chi connectivity index (χ3n) is 3.00. The quantitative estimate of drug-likeness (QED) is 0.903. The maximum Gasteiger partial charge on any atom is 0.201 e. The van der Waals surface area contributed by atoms with Gasteiger partial charge >= 0.3 is 0 Å². The van der Waals surface area contributed by atoms with Crippen LogP contribution >= 0.6 is 0 Å². The number of imidazole rings is 1. The van der Waals surface area contributed by atoms with E-state index >= 15 is 0 Å². The minimum Gasteiger partial charge on any atom is -0.369 e. The van der Waals surface area contributed by atoms with E-state index in [-0.39, 0.29) is 5.25 Å². The molecule has 0 amide bonds. The summed E-state index contributed by atoms with van der Waals surface area (Å²) in [6.45, 7) is 4.63. The van der Waals surface area contributed by atoms with Crippen LogP contribution in [0.2, 0.25) is 0 Å². The highest BCUT2D eigenvalue weighted by atomic mass is 32.2. The number of benzene rings is 1. The highest BCUT2D eigenvalue weighted by Crippen LogP contribution is 2.22. The van der Waals surface area contributed by atoms with Crippen molar-refractivity contribution in [2.45, 2.75) is 25.6 Å². The molecule has 2 atom stereocenters. The van der Waals surface area contributed by atoms with E-state index in [4.69, 9.17) is 5.73 Å². The predicted octanol–water partition coefficient (Wildman–Crippen LogP) is 1.69. The number of nitrogens with two attached hydrogens (primary N) is 1. The molecule has 0 fully saturated rings. The van der Waals surface area contributed by atoms with Crippen molar-refractivity contribution in [1.29, 1.82) is 0 Å². The van der Waals surface area contributed by atoms with Crippen molar-refractivity contribution in [3.63, 3.8) is 0 Å². The van der Waals surface area contributed by atoms with Crippen molar-refractivity contribution in [2.75, 3.05) is 12.0 Å². The lowest BCUT2D eigenvalue weighted by molar-refractivity contribution is 0.653. The van der Waals surface area contributed by atoms with Crippen molar-refractivity contribution in [3.05, 3.63) is 23.8 Å². The lowest BCUT2D eigenvalue weighted by Crippen LogP contribution is -2.18. The van der Waals surface area contributed by atoms with E-state index in [0.717, 1.165) is 16.6 Å². The van der Waals surface area contributed by atoms with Gasteiger partial charge in [-0.05, 0) is 25.5 Å². The Balaban J connectivity index is 2.53. The summed E-state index contributed by atoms with van der Waals surface area (Å²) in [6, 6.07) is 5.95. The maximum atomic E-state index is 11.4. The van der Waals surface area contributed by atoms with Gasteiger partial charge in [-0.1, -0.05) is 12.1 Å². The van der Waals surface area contributed by atoms with E-state index in [1.807, 2.05) is 36.6 Å². The zero-order valence-corrected chi connectivity index (χ0v) is 11.1. The predicted molar refractivity (Wildman–Crippen MR) is 72.4 cm³/mol. The number of aryl methyl sites for hydroxylation is 1. The molecule has 0 radical (unpaired) electrons. The summed E-state index contributed by atoms with van der Waals surface area (Å²) < 4.78 is 13.4. The van der Waals surface area contributed by atoms with Gasteiger partial charge in [0.2, 0.25) is 5.95 Å². The van der Waals surface area contributed by atoms with Crippen LogP contribution in [0.4, 0.5) is 5.95 Å². The fourth-order valence-corrected chi connectivity index (χ4v) is 2.29. The largest absolute Gasteiger partial charge is 0.369 e. The molecule has 2 unspecified atom stereocenters. The molecule has 0 saturated carbocycles. The first-order valence-corrected chi connectivity index (χ1v) is 7.16.